The SMILES string of the molecule is Cc1cc(F)ccc1/C=N/S(=O)C(C)(C)C. The molecule has 88 valence electrons. The summed E-state index contributed by atoms with van der Waals surface area (Å²) < 4.78 is 28.1. The van der Waals surface area contributed by atoms with Crippen LogP contribution in [-0.4, -0.2) is 15.2 Å². The van der Waals surface area contributed by atoms with Gasteiger partial charge in [0.1, 0.15) is 16.8 Å². The molecule has 1 aromatic rings. The van der Waals surface area contributed by atoms with Crippen molar-refractivity contribution >= 4 is 17.2 Å². The van der Waals surface area contributed by atoms with Crippen LogP contribution in [-0.2, 0) is 11.0 Å². The van der Waals surface area contributed by atoms with Gasteiger partial charge in [-0.1, -0.05) is 6.07 Å². The van der Waals surface area contributed by atoms with Crippen LogP contribution in [0.15, 0.2) is 22.6 Å². The average molecular weight is 241 g/mol. The van der Waals surface area contributed by atoms with Crippen molar-refractivity contribution in [2.45, 2.75) is 32.4 Å². The van der Waals surface area contributed by atoms with Crippen molar-refractivity contribution in [3.8, 4) is 0 Å². The van der Waals surface area contributed by atoms with Gasteiger partial charge in [-0.05, 0) is 51.0 Å². The van der Waals surface area contributed by atoms with E-state index in [9.17, 15) is 8.60 Å². The molecule has 0 spiro atoms. The third kappa shape index (κ3) is 3.52. The second-order valence-electron chi connectivity index (χ2n) is 4.60. The van der Waals surface area contributed by atoms with E-state index in [1.165, 1.54) is 18.3 Å². The van der Waals surface area contributed by atoms with Crippen LogP contribution in [0.3, 0.4) is 0 Å². The van der Waals surface area contributed by atoms with Crippen molar-refractivity contribution in [1.29, 1.82) is 0 Å². The van der Waals surface area contributed by atoms with Gasteiger partial charge in [-0.25, -0.2) is 8.60 Å². The van der Waals surface area contributed by atoms with Crippen molar-refractivity contribution in [2.75, 3.05) is 0 Å². The molecule has 0 aromatic heterocycles. The van der Waals surface area contributed by atoms with Crippen LogP contribution in [0.25, 0.3) is 0 Å². The lowest BCUT2D eigenvalue weighted by molar-refractivity contribution is 0.626. The van der Waals surface area contributed by atoms with Crippen LogP contribution in [0, 0.1) is 12.7 Å². The molecule has 1 unspecified atom stereocenters. The van der Waals surface area contributed by atoms with Gasteiger partial charge >= 0.3 is 0 Å². The van der Waals surface area contributed by atoms with Gasteiger partial charge in [-0.3, -0.25) is 0 Å². The van der Waals surface area contributed by atoms with Crippen LogP contribution in [0.5, 0.6) is 0 Å². The summed E-state index contributed by atoms with van der Waals surface area (Å²) in [4.78, 5) is 0. The van der Waals surface area contributed by atoms with E-state index in [0.717, 1.165) is 11.1 Å². The fraction of sp³-hybridized carbons (Fsp3) is 0.417. The molecular weight excluding hydrogens is 225 g/mol. The fourth-order valence-electron chi connectivity index (χ4n) is 1.05. The summed E-state index contributed by atoms with van der Waals surface area (Å²) in [6.07, 6.45) is 1.54. The standard InChI is InChI=1S/C12H16FNOS/c1-9-7-11(13)6-5-10(9)8-14-16(15)12(2,3)4/h5-8H,1-4H3/b14-8+. The van der Waals surface area contributed by atoms with Crippen molar-refractivity contribution in [1.82, 2.24) is 0 Å². The fourth-order valence-corrected chi connectivity index (χ4v) is 1.57. The third-order valence-corrected chi connectivity index (χ3v) is 3.39. The number of hydrogen-bond donors (Lipinski definition) is 0. The van der Waals surface area contributed by atoms with Crippen LogP contribution < -0.4 is 0 Å². The molecule has 0 aliphatic heterocycles. The number of benzene rings is 1. The summed E-state index contributed by atoms with van der Waals surface area (Å²) in [5.74, 6) is -0.272. The van der Waals surface area contributed by atoms with Crippen molar-refractivity contribution in [2.24, 2.45) is 4.40 Å². The molecule has 0 amide bonds. The van der Waals surface area contributed by atoms with E-state index in [1.54, 1.807) is 13.0 Å². The molecule has 0 fully saturated rings. The van der Waals surface area contributed by atoms with Gasteiger partial charge in [0.15, 0.2) is 0 Å². The smallest absolute Gasteiger partial charge is 0.144 e. The van der Waals surface area contributed by atoms with Gasteiger partial charge in [-0.15, -0.1) is 0 Å². The Labute approximate surface area is 98.2 Å². The highest BCUT2D eigenvalue weighted by atomic mass is 32.2. The first-order valence-electron chi connectivity index (χ1n) is 5.03. The van der Waals surface area contributed by atoms with Gasteiger partial charge in [0, 0.05) is 6.21 Å². The molecule has 1 aromatic carbocycles. The maximum absolute atomic E-state index is 12.8. The molecule has 1 rings (SSSR count). The minimum Gasteiger partial charge on any atom is -0.234 e. The van der Waals surface area contributed by atoms with Crippen LogP contribution in [0.1, 0.15) is 31.9 Å². The Kier molecular flexibility index (Phi) is 3.97. The number of hydrogen-bond acceptors (Lipinski definition) is 1. The Balaban J connectivity index is 2.89. The third-order valence-electron chi connectivity index (χ3n) is 2.04. The zero-order valence-electron chi connectivity index (χ0n) is 9.95. The van der Waals surface area contributed by atoms with E-state index >= 15 is 0 Å². The Morgan fingerprint density at radius 3 is 2.50 bits per heavy atom. The molecule has 0 heterocycles. The molecule has 2 nitrogen and oxygen atoms in total. The Bertz CT molecular complexity index is 435. The Morgan fingerprint density at radius 2 is 2.00 bits per heavy atom. The van der Waals surface area contributed by atoms with Crippen LogP contribution in [0.2, 0.25) is 0 Å². The first-order chi connectivity index (χ1) is 7.30. The van der Waals surface area contributed by atoms with Crippen molar-refractivity contribution < 1.29 is 8.60 Å². The average Bonchev–Trinajstić information content (AvgIpc) is 2.14. The van der Waals surface area contributed by atoms with E-state index in [1.807, 2.05) is 20.8 Å². The van der Waals surface area contributed by atoms with E-state index in [-0.39, 0.29) is 10.6 Å². The van der Waals surface area contributed by atoms with Crippen molar-refractivity contribution in [3.05, 3.63) is 35.1 Å². The lowest BCUT2D eigenvalue weighted by Gasteiger charge is -2.12. The summed E-state index contributed by atoms with van der Waals surface area (Å²) in [5, 5.41) is 0. The summed E-state index contributed by atoms with van der Waals surface area (Å²) in [6.45, 7) is 7.37. The molecule has 0 radical (unpaired) electrons. The second-order valence-corrected chi connectivity index (χ2v) is 6.53. The van der Waals surface area contributed by atoms with Gasteiger partial charge in [0.2, 0.25) is 0 Å². The Hall–Kier alpha value is -1.03. The molecule has 0 aliphatic carbocycles. The largest absolute Gasteiger partial charge is 0.234 e. The van der Waals surface area contributed by atoms with Crippen LogP contribution in [0.4, 0.5) is 4.39 Å². The van der Waals surface area contributed by atoms with E-state index in [4.69, 9.17) is 0 Å². The summed E-state index contributed by atoms with van der Waals surface area (Å²) >= 11 is 0. The molecule has 0 saturated carbocycles. The van der Waals surface area contributed by atoms with E-state index in [2.05, 4.69) is 4.40 Å². The summed E-state index contributed by atoms with van der Waals surface area (Å²) in [6, 6.07) is 4.43. The molecule has 0 N–H and O–H groups in total. The zero-order chi connectivity index (χ0) is 12.3. The summed E-state index contributed by atoms with van der Waals surface area (Å²) in [5.41, 5.74) is 1.58. The predicted octanol–water partition coefficient (Wildman–Crippen LogP) is 3.02. The maximum Gasteiger partial charge on any atom is 0.144 e. The molecule has 1 atom stereocenters. The normalized spacial score (nSPS) is 14.3. The van der Waals surface area contributed by atoms with E-state index < -0.39 is 11.0 Å². The summed E-state index contributed by atoms with van der Waals surface area (Å²) in [7, 11) is -1.28. The molecular formula is C12H16FNOS. The molecule has 4 heteroatoms. The minimum absolute atomic E-state index is 0.272. The highest BCUT2D eigenvalue weighted by Crippen LogP contribution is 2.13. The number of nitrogens with zero attached hydrogens (tertiary/aromatic N) is 1. The molecule has 16 heavy (non-hydrogen) atoms. The zero-order valence-corrected chi connectivity index (χ0v) is 10.8. The van der Waals surface area contributed by atoms with Gasteiger partial charge in [0.05, 0.1) is 4.75 Å². The predicted molar refractivity (Wildman–Crippen MR) is 66.6 cm³/mol. The van der Waals surface area contributed by atoms with Crippen LogP contribution >= 0.6 is 0 Å². The molecule has 0 bridgehead atoms. The van der Waals surface area contributed by atoms with Gasteiger partial charge in [-0.2, -0.15) is 4.40 Å². The first kappa shape index (κ1) is 13.0. The highest BCUT2D eigenvalue weighted by molar-refractivity contribution is 7.85. The Morgan fingerprint density at radius 1 is 1.38 bits per heavy atom. The van der Waals surface area contributed by atoms with Gasteiger partial charge in [0.25, 0.3) is 0 Å². The quantitative estimate of drug-likeness (QED) is 0.732. The number of rotatable bonds is 2. The first-order valence-corrected chi connectivity index (χ1v) is 6.13. The minimum atomic E-state index is -1.28. The highest BCUT2D eigenvalue weighted by Gasteiger charge is 2.18. The maximum atomic E-state index is 12.8. The topological polar surface area (TPSA) is 29.4 Å². The lowest BCUT2D eigenvalue weighted by atomic mass is 10.1. The van der Waals surface area contributed by atoms with E-state index in [0.29, 0.717) is 0 Å². The number of halogens is 1. The second kappa shape index (κ2) is 4.87. The monoisotopic (exact) mass is 241 g/mol. The molecule has 0 saturated heterocycles. The lowest BCUT2D eigenvalue weighted by Crippen LogP contribution is -2.19. The molecule has 0 aliphatic rings. The number of aryl methyl sites for hydroxylation is 1. The van der Waals surface area contributed by atoms with Crippen molar-refractivity contribution in [3.63, 3.8) is 0 Å². The van der Waals surface area contributed by atoms with Gasteiger partial charge < -0.3 is 0 Å².